The first-order valence-corrected chi connectivity index (χ1v) is 6.62. The van der Waals surface area contributed by atoms with Crippen LogP contribution in [0.3, 0.4) is 0 Å². The van der Waals surface area contributed by atoms with Gasteiger partial charge in [0.25, 0.3) is 11.6 Å². The van der Waals surface area contributed by atoms with Crippen LogP contribution in [0.15, 0.2) is 17.4 Å². The van der Waals surface area contributed by atoms with Gasteiger partial charge in [-0.05, 0) is 32.2 Å². The van der Waals surface area contributed by atoms with Gasteiger partial charge in [-0.15, -0.1) is 0 Å². The van der Waals surface area contributed by atoms with E-state index in [1.165, 1.54) is 12.3 Å². The quantitative estimate of drug-likeness (QED) is 0.198. The zero-order chi connectivity index (χ0) is 15.8. The van der Waals surface area contributed by atoms with Crippen molar-refractivity contribution in [2.45, 2.75) is 32.7 Å². The Labute approximate surface area is 121 Å². The van der Waals surface area contributed by atoms with Crippen molar-refractivity contribution in [3.05, 3.63) is 38.5 Å². The molecular weight excluding hydrogens is 276 g/mol. The molecule has 0 saturated heterocycles. The van der Waals surface area contributed by atoms with E-state index in [0.717, 1.165) is 0 Å². The normalized spacial score (nSPS) is 10.2. The lowest BCUT2D eigenvalue weighted by molar-refractivity contribution is -0.384. The molecule has 0 saturated carbocycles. The molecule has 0 aromatic carbocycles. The summed E-state index contributed by atoms with van der Waals surface area (Å²) in [5, 5.41) is 16.9. The summed E-state index contributed by atoms with van der Waals surface area (Å²) in [6.07, 6.45) is 2.71. The Morgan fingerprint density at radius 3 is 2.86 bits per heavy atom. The highest BCUT2D eigenvalue weighted by Gasteiger charge is 2.20. The van der Waals surface area contributed by atoms with Crippen molar-refractivity contribution in [1.82, 2.24) is 9.88 Å². The number of azide groups is 1. The first kappa shape index (κ1) is 16.5. The maximum atomic E-state index is 12.1. The SMILES string of the molecule is CC(C)n1cc([N+](=O)[O-])cc1C(=O)NCCCCN=[N+]=[N-]. The van der Waals surface area contributed by atoms with Crippen LogP contribution < -0.4 is 5.32 Å². The molecule has 0 aliphatic rings. The highest BCUT2D eigenvalue weighted by Crippen LogP contribution is 2.20. The molecule has 1 N–H and O–H groups in total. The van der Waals surface area contributed by atoms with Gasteiger partial charge >= 0.3 is 0 Å². The van der Waals surface area contributed by atoms with Crippen LogP contribution in [0.5, 0.6) is 0 Å². The Morgan fingerprint density at radius 2 is 2.29 bits per heavy atom. The minimum atomic E-state index is -0.518. The second-order valence-corrected chi connectivity index (χ2v) is 4.76. The van der Waals surface area contributed by atoms with Crippen LogP contribution in [0, 0.1) is 10.1 Å². The highest BCUT2D eigenvalue weighted by molar-refractivity contribution is 5.93. The molecule has 1 amide bonds. The van der Waals surface area contributed by atoms with Crippen molar-refractivity contribution in [2.75, 3.05) is 13.1 Å². The van der Waals surface area contributed by atoms with Gasteiger partial charge in [-0.1, -0.05) is 5.11 Å². The van der Waals surface area contributed by atoms with E-state index in [1.807, 2.05) is 13.8 Å². The molecular formula is C12H18N6O3. The Kier molecular flexibility index (Phi) is 6.22. The molecule has 9 heteroatoms. The Bertz CT molecular complexity index is 559. The van der Waals surface area contributed by atoms with Gasteiger partial charge < -0.3 is 9.88 Å². The number of hydrogen-bond donors (Lipinski definition) is 1. The minimum Gasteiger partial charge on any atom is -0.351 e. The molecule has 21 heavy (non-hydrogen) atoms. The lowest BCUT2D eigenvalue weighted by Crippen LogP contribution is -2.27. The van der Waals surface area contributed by atoms with Crippen LogP contribution in [0.2, 0.25) is 0 Å². The molecule has 0 unspecified atom stereocenters. The van der Waals surface area contributed by atoms with Crippen LogP contribution in [0.25, 0.3) is 10.4 Å². The van der Waals surface area contributed by atoms with Gasteiger partial charge in [-0.3, -0.25) is 14.9 Å². The van der Waals surface area contributed by atoms with Crippen molar-refractivity contribution < 1.29 is 9.72 Å². The summed E-state index contributed by atoms with van der Waals surface area (Å²) in [5.74, 6) is -0.347. The van der Waals surface area contributed by atoms with Gasteiger partial charge in [-0.25, -0.2) is 0 Å². The molecule has 9 nitrogen and oxygen atoms in total. The van der Waals surface area contributed by atoms with Gasteiger partial charge in [-0.2, -0.15) is 0 Å². The molecule has 1 aromatic rings. The topological polar surface area (TPSA) is 126 Å². The summed E-state index contributed by atoms with van der Waals surface area (Å²) < 4.78 is 1.58. The number of nitrogens with one attached hydrogen (secondary N) is 1. The third-order valence-electron chi connectivity index (χ3n) is 2.87. The fourth-order valence-electron chi connectivity index (χ4n) is 1.82. The average Bonchev–Trinajstić information content (AvgIpc) is 2.88. The van der Waals surface area contributed by atoms with Gasteiger partial charge in [0.05, 0.1) is 11.1 Å². The lowest BCUT2D eigenvalue weighted by atomic mass is 10.3. The number of carbonyl (C=O) groups excluding carboxylic acids is 1. The van der Waals surface area contributed by atoms with E-state index in [2.05, 4.69) is 15.3 Å². The van der Waals surface area contributed by atoms with Crippen LogP contribution in [-0.2, 0) is 0 Å². The maximum absolute atomic E-state index is 12.1. The van der Waals surface area contributed by atoms with E-state index in [-0.39, 0.29) is 23.3 Å². The van der Waals surface area contributed by atoms with Gasteiger partial charge in [0.15, 0.2) is 0 Å². The van der Waals surface area contributed by atoms with E-state index >= 15 is 0 Å². The molecule has 0 atom stereocenters. The average molecular weight is 294 g/mol. The zero-order valence-corrected chi connectivity index (χ0v) is 12.0. The molecule has 0 fully saturated rings. The van der Waals surface area contributed by atoms with E-state index in [0.29, 0.717) is 25.9 Å². The monoisotopic (exact) mass is 294 g/mol. The summed E-state index contributed by atoms with van der Waals surface area (Å²) in [5.41, 5.74) is 8.29. The summed E-state index contributed by atoms with van der Waals surface area (Å²) in [6.45, 7) is 4.51. The molecule has 114 valence electrons. The van der Waals surface area contributed by atoms with Crippen molar-refractivity contribution in [3.63, 3.8) is 0 Å². The van der Waals surface area contributed by atoms with Crippen molar-refractivity contribution in [2.24, 2.45) is 5.11 Å². The first-order valence-electron chi connectivity index (χ1n) is 6.62. The van der Waals surface area contributed by atoms with E-state index in [4.69, 9.17) is 5.53 Å². The minimum absolute atomic E-state index is 0.0515. The molecule has 0 radical (unpaired) electrons. The summed E-state index contributed by atoms with van der Waals surface area (Å²) in [6, 6.07) is 1.22. The molecule has 1 aromatic heterocycles. The van der Waals surface area contributed by atoms with Gasteiger partial charge in [0.1, 0.15) is 5.69 Å². The smallest absolute Gasteiger partial charge is 0.287 e. The largest absolute Gasteiger partial charge is 0.351 e. The first-order chi connectivity index (χ1) is 9.97. The molecule has 0 aliphatic heterocycles. The number of amides is 1. The van der Waals surface area contributed by atoms with Crippen molar-refractivity contribution >= 4 is 11.6 Å². The summed E-state index contributed by atoms with van der Waals surface area (Å²) in [7, 11) is 0. The predicted molar refractivity (Wildman–Crippen MR) is 77.1 cm³/mol. The number of aromatic nitrogens is 1. The fourth-order valence-corrected chi connectivity index (χ4v) is 1.82. The Balaban J connectivity index is 2.64. The number of hydrogen-bond acceptors (Lipinski definition) is 4. The Morgan fingerprint density at radius 1 is 1.57 bits per heavy atom. The third kappa shape index (κ3) is 4.81. The second-order valence-electron chi connectivity index (χ2n) is 4.76. The fraction of sp³-hybridized carbons (Fsp3) is 0.583. The van der Waals surface area contributed by atoms with Gasteiger partial charge in [0, 0.05) is 30.1 Å². The maximum Gasteiger partial charge on any atom is 0.287 e. The zero-order valence-electron chi connectivity index (χ0n) is 12.0. The van der Waals surface area contributed by atoms with Crippen molar-refractivity contribution in [3.8, 4) is 0 Å². The van der Waals surface area contributed by atoms with Gasteiger partial charge in [0.2, 0.25) is 0 Å². The summed E-state index contributed by atoms with van der Waals surface area (Å²) in [4.78, 5) is 25.0. The number of nitro groups is 1. The molecule has 0 aliphatic carbocycles. The van der Waals surface area contributed by atoms with Crippen LogP contribution in [0.4, 0.5) is 5.69 Å². The second kappa shape index (κ2) is 7.91. The standard InChI is InChI=1S/C12H18N6O3/c1-9(2)17-8-10(18(20)21)7-11(17)12(19)14-5-3-4-6-15-16-13/h7-9H,3-6H2,1-2H3,(H,14,19). The summed E-state index contributed by atoms with van der Waals surface area (Å²) >= 11 is 0. The molecule has 0 bridgehead atoms. The third-order valence-corrected chi connectivity index (χ3v) is 2.87. The van der Waals surface area contributed by atoms with E-state index in [1.54, 1.807) is 4.57 Å². The van der Waals surface area contributed by atoms with Crippen LogP contribution in [0.1, 0.15) is 43.2 Å². The van der Waals surface area contributed by atoms with E-state index in [9.17, 15) is 14.9 Å². The molecule has 1 heterocycles. The number of nitrogens with zero attached hydrogens (tertiary/aromatic N) is 5. The van der Waals surface area contributed by atoms with E-state index < -0.39 is 4.92 Å². The van der Waals surface area contributed by atoms with Crippen molar-refractivity contribution in [1.29, 1.82) is 0 Å². The molecule has 0 spiro atoms. The molecule has 1 rings (SSSR count). The number of rotatable bonds is 8. The Hall–Kier alpha value is -2.54. The number of carbonyl (C=O) groups is 1. The van der Waals surface area contributed by atoms with Crippen LogP contribution in [-0.4, -0.2) is 28.5 Å². The highest BCUT2D eigenvalue weighted by atomic mass is 16.6. The number of unbranched alkanes of at least 4 members (excludes halogenated alkanes) is 1. The lowest BCUT2D eigenvalue weighted by Gasteiger charge is -2.12. The predicted octanol–water partition coefficient (Wildman–Crippen LogP) is 2.80. The van der Waals surface area contributed by atoms with Crippen LogP contribution >= 0.6 is 0 Å².